The van der Waals surface area contributed by atoms with Gasteiger partial charge in [0.1, 0.15) is 0 Å². The molecule has 1 N–H and O–H groups in total. The molecule has 0 radical (unpaired) electrons. The molecule has 0 aromatic carbocycles. The molecule has 0 rings (SSSR count). The van der Waals surface area contributed by atoms with Gasteiger partial charge in [-0.3, -0.25) is 0 Å². The summed E-state index contributed by atoms with van der Waals surface area (Å²) in [5.41, 5.74) is 0.123. The maximum absolute atomic E-state index is 5.79. The Morgan fingerprint density at radius 2 is 1.75 bits per heavy atom. The Balaban J connectivity index is 3.95. The minimum absolute atomic E-state index is 0.123. The predicted octanol–water partition coefficient (Wildman–Crippen LogP) is 2.19. The molecule has 0 atom stereocenters. The maximum atomic E-state index is 5.79. The van der Waals surface area contributed by atoms with Gasteiger partial charge in [-0.15, -0.1) is 0 Å². The zero-order chi connectivity index (χ0) is 9.45. The summed E-state index contributed by atoms with van der Waals surface area (Å²) in [5.74, 6) is 0. The number of hydrogen-bond donors (Lipinski definition) is 1. The summed E-state index contributed by atoms with van der Waals surface area (Å²) >= 11 is 0. The van der Waals surface area contributed by atoms with Crippen LogP contribution in [-0.2, 0) is 4.74 Å². The van der Waals surface area contributed by atoms with Gasteiger partial charge in [0.05, 0.1) is 5.60 Å². The lowest BCUT2D eigenvalue weighted by Gasteiger charge is -2.31. The van der Waals surface area contributed by atoms with E-state index in [4.69, 9.17) is 4.74 Å². The highest BCUT2D eigenvalue weighted by atomic mass is 16.5. The van der Waals surface area contributed by atoms with E-state index in [9.17, 15) is 0 Å². The molecule has 0 unspecified atom stereocenters. The largest absolute Gasteiger partial charge is 0.375 e. The zero-order valence-corrected chi connectivity index (χ0v) is 8.94. The van der Waals surface area contributed by atoms with Crippen LogP contribution in [-0.4, -0.2) is 25.8 Å². The monoisotopic (exact) mass is 173 g/mol. The molecular weight excluding hydrogens is 150 g/mol. The zero-order valence-electron chi connectivity index (χ0n) is 8.94. The first kappa shape index (κ1) is 11.9. The van der Waals surface area contributed by atoms with Crippen molar-refractivity contribution in [3.8, 4) is 0 Å². The third kappa shape index (κ3) is 3.55. The summed E-state index contributed by atoms with van der Waals surface area (Å²) < 4.78 is 5.79. The molecule has 0 aromatic heterocycles. The van der Waals surface area contributed by atoms with Gasteiger partial charge in [-0.1, -0.05) is 13.8 Å². The molecule has 2 heteroatoms. The minimum Gasteiger partial charge on any atom is -0.375 e. The van der Waals surface area contributed by atoms with E-state index in [-0.39, 0.29) is 5.60 Å². The van der Waals surface area contributed by atoms with Crippen LogP contribution in [0, 0.1) is 0 Å². The predicted molar refractivity (Wildman–Crippen MR) is 53.5 cm³/mol. The molecule has 0 heterocycles. The van der Waals surface area contributed by atoms with Crippen LogP contribution in [0.4, 0.5) is 0 Å². The van der Waals surface area contributed by atoms with Crippen LogP contribution >= 0.6 is 0 Å². The lowest BCUT2D eigenvalue weighted by Crippen LogP contribution is -2.34. The molecule has 0 aliphatic rings. The van der Waals surface area contributed by atoms with Gasteiger partial charge in [0.2, 0.25) is 0 Å². The van der Waals surface area contributed by atoms with Crippen LogP contribution in [0.1, 0.15) is 40.0 Å². The molecule has 0 aliphatic carbocycles. The first-order valence-electron chi connectivity index (χ1n) is 5.03. The molecule has 0 amide bonds. The van der Waals surface area contributed by atoms with Gasteiger partial charge in [-0.05, 0) is 39.8 Å². The molecule has 12 heavy (non-hydrogen) atoms. The third-order valence-electron chi connectivity index (χ3n) is 2.57. The fraction of sp³-hybridized carbons (Fsp3) is 1.00. The van der Waals surface area contributed by atoms with Gasteiger partial charge in [0.25, 0.3) is 0 Å². The molecule has 0 saturated heterocycles. The normalized spacial score (nSPS) is 12.0. The Hall–Kier alpha value is -0.0800. The standard InChI is InChI=1S/C10H23NO/c1-5-10(6-2,12-7-3)8-9-11-4/h11H,5-9H2,1-4H3. The van der Waals surface area contributed by atoms with Gasteiger partial charge in [0, 0.05) is 6.61 Å². The smallest absolute Gasteiger partial charge is 0.0689 e. The topological polar surface area (TPSA) is 21.3 Å². The average molecular weight is 173 g/mol. The molecule has 0 saturated carbocycles. The Labute approximate surface area is 76.7 Å². The lowest BCUT2D eigenvalue weighted by molar-refractivity contribution is -0.0503. The highest BCUT2D eigenvalue weighted by Crippen LogP contribution is 2.23. The Kier molecular flexibility index (Phi) is 6.39. The number of hydrogen-bond acceptors (Lipinski definition) is 2. The van der Waals surface area contributed by atoms with Gasteiger partial charge < -0.3 is 10.1 Å². The number of rotatable bonds is 7. The van der Waals surface area contributed by atoms with Crippen molar-refractivity contribution in [2.75, 3.05) is 20.2 Å². The van der Waals surface area contributed by atoms with Gasteiger partial charge in [-0.2, -0.15) is 0 Å². The molecular formula is C10H23NO. The first-order chi connectivity index (χ1) is 5.74. The van der Waals surface area contributed by atoms with Gasteiger partial charge in [0.15, 0.2) is 0 Å². The molecule has 2 nitrogen and oxygen atoms in total. The van der Waals surface area contributed by atoms with Crippen molar-refractivity contribution in [2.24, 2.45) is 0 Å². The summed E-state index contributed by atoms with van der Waals surface area (Å²) in [6, 6.07) is 0. The Morgan fingerprint density at radius 1 is 1.17 bits per heavy atom. The number of ether oxygens (including phenoxy) is 1. The second kappa shape index (κ2) is 6.44. The molecule has 0 bridgehead atoms. The van der Waals surface area contributed by atoms with Crippen molar-refractivity contribution in [2.45, 2.75) is 45.6 Å². The molecule has 0 aliphatic heterocycles. The van der Waals surface area contributed by atoms with E-state index in [1.807, 2.05) is 7.05 Å². The van der Waals surface area contributed by atoms with Crippen molar-refractivity contribution >= 4 is 0 Å². The van der Waals surface area contributed by atoms with Gasteiger partial charge in [-0.25, -0.2) is 0 Å². The second-order valence-corrected chi connectivity index (χ2v) is 3.18. The summed E-state index contributed by atoms with van der Waals surface area (Å²) in [6.45, 7) is 8.34. The van der Waals surface area contributed by atoms with E-state index < -0.39 is 0 Å². The van der Waals surface area contributed by atoms with E-state index in [0.29, 0.717) is 0 Å². The fourth-order valence-electron chi connectivity index (χ4n) is 1.54. The summed E-state index contributed by atoms with van der Waals surface area (Å²) in [6.07, 6.45) is 3.34. The van der Waals surface area contributed by atoms with E-state index in [1.165, 1.54) is 0 Å². The average Bonchev–Trinajstić information content (AvgIpc) is 2.13. The van der Waals surface area contributed by atoms with Crippen molar-refractivity contribution in [1.82, 2.24) is 5.32 Å². The minimum atomic E-state index is 0.123. The van der Waals surface area contributed by atoms with Crippen LogP contribution < -0.4 is 5.32 Å². The second-order valence-electron chi connectivity index (χ2n) is 3.18. The summed E-state index contributed by atoms with van der Waals surface area (Å²) in [4.78, 5) is 0. The highest BCUT2D eigenvalue weighted by molar-refractivity contribution is 4.78. The lowest BCUT2D eigenvalue weighted by atomic mass is 9.93. The van der Waals surface area contributed by atoms with E-state index >= 15 is 0 Å². The molecule has 0 spiro atoms. The summed E-state index contributed by atoms with van der Waals surface area (Å²) in [7, 11) is 1.99. The fourth-order valence-corrected chi connectivity index (χ4v) is 1.54. The van der Waals surface area contributed by atoms with Crippen molar-refractivity contribution in [3.63, 3.8) is 0 Å². The van der Waals surface area contributed by atoms with Crippen molar-refractivity contribution < 1.29 is 4.74 Å². The van der Waals surface area contributed by atoms with E-state index in [2.05, 4.69) is 26.1 Å². The van der Waals surface area contributed by atoms with Crippen LogP contribution in [0.3, 0.4) is 0 Å². The van der Waals surface area contributed by atoms with Crippen LogP contribution in [0.25, 0.3) is 0 Å². The Bertz CT molecular complexity index is 100. The van der Waals surface area contributed by atoms with Gasteiger partial charge >= 0.3 is 0 Å². The van der Waals surface area contributed by atoms with Crippen molar-refractivity contribution in [3.05, 3.63) is 0 Å². The third-order valence-corrected chi connectivity index (χ3v) is 2.57. The van der Waals surface area contributed by atoms with Crippen molar-refractivity contribution in [1.29, 1.82) is 0 Å². The Morgan fingerprint density at radius 3 is 2.08 bits per heavy atom. The first-order valence-corrected chi connectivity index (χ1v) is 5.03. The van der Waals surface area contributed by atoms with E-state index in [0.717, 1.165) is 32.4 Å². The summed E-state index contributed by atoms with van der Waals surface area (Å²) in [5, 5.41) is 3.17. The molecule has 0 fully saturated rings. The SMILES string of the molecule is CCOC(CC)(CC)CCNC. The highest BCUT2D eigenvalue weighted by Gasteiger charge is 2.25. The van der Waals surface area contributed by atoms with Crippen LogP contribution in [0.2, 0.25) is 0 Å². The quantitative estimate of drug-likeness (QED) is 0.637. The van der Waals surface area contributed by atoms with Crippen LogP contribution in [0.15, 0.2) is 0 Å². The molecule has 0 aromatic rings. The number of nitrogens with one attached hydrogen (secondary N) is 1. The van der Waals surface area contributed by atoms with Crippen LogP contribution in [0.5, 0.6) is 0 Å². The van der Waals surface area contributed by atoms with E-state index in [1.54, 1.807) is 0 Å². The maximum Gasteiger partial charge on any atom is 0.0689 e. The molecule has 74 valence electrons.